The molecule has 0 heterocycles. The molecule has 0 N–H and O–H groups in total. The fraction of sp³-hybridized carbons (Fsp3) is 0.429. The molecule has 0 unspecified atom stereocenters. The van der Waals surface area contributed by atoms with Crippen molar-refractivity contribution in [3.8, 4) is 0 Å². The number of alkyl halides is 6. The fourth-order valence-electron chi connectivity index (χ4n) is 0.483. The predicted octanol–water partition coefficient (Wildman–Crippen LogP) is 3.55. The number of hydrogen-bond donors (Lipinski definition) is 0. The molecular weight excluding hydrogens is 214 g/mol. The monoisotopic (exact) mass is 220 g/mol. The molecule has 1 nitrogen and oxygen atoms in total. The summed E-state index contributed by atoms with van der Waals surface area (Å²) in [4.78, 5) is 0. The van der Waals surface area contributed by atoms with Crippen molar-refractivity contribution in [2.45, 2.75) is 19.3 Å². The van der Waals surface area contributed by atoms with E-state index in [2.05, 4.69) is 4.74 Å². The van der Waals surface area contributed by atoms with Crippen LogP contribution in [0.2, 0.25) is 0 Å². The van der Waals surface area contributed by atoms with E-state index >= 15 is 0 Å². The average Bonchev–Trinajstić information content (AvgIpc) is 1.78. The highest BCUT2D eigenvalue weighted by Crippen LogP contribution is 2.20. The van der Waals surface area contributed by atoms with Crippen LogP contribution in [0, 0.1) is 0 Å². The van der Waals surface area contributed by atoms with Crippen molar-refractivity contribution < 1.29 is 31.1 Å². The van der Waals surface area contributed by atoms with E-state index in [1.54, 1.807) is 0 Å². The summed E-state index contributed by atoms with van der Waals surface area (Å²) in [6.45, 7) is 0.897. The largest absolute Gasteiger partial charge is 0.470 e. The summed E-state index contributed by atoms with van der Waals surface area (Å²) in [5.41, 5.74) is 0. The van der Waals surface area contributed by atoms with Crippen molar-refractivity contribution in [2.24, 2.45) is 0 Å². The Hall–Kier alpha value is -1.14. The van der Waals surface area contributed by atoms with Crippen molar-refractivity contribution >= 4 is 0 Å². The molecule has 0 aromatic carbocycles. The number of ether oxygens (including phenoxy) is 1. The third-order valence-corrected chi connectivity index (χ3v) is 0.878. The van der Waals surface area contributed by atoms with Gasteiger partial charge < -0.3 is 4.74 Å². The normalized spacial score (nSPS) is 14.9. The van der Waals surface area contributed by atoms with E-state index in [1.165, 1.54) is 0 Å². The van der Waals surface area contributed by atoms with E-state index in [1.807, 2.05) is 0 Å². The van der Waals surface area contributed by atoms with Crippen LogP contribution < -0.4 is 0 Å². The number of hydrogen-bond acceptors (Lipinski definition) is 1. The zero-order valence-corrected chi connectivity index (χ0v) is 6.91. The van der Waals surface area contributed by atoms with Gasteiger partial charge in [-0.25, -0.2) is 0 Å². The lowest BCUT2D eigenvalue weighted by atomic mass is 10.5. The molecule has 82 valence electrons. The van der Waals surface area contributed by atoms with Crippen LogP contribution in [0.25, 0.3) is 0 Å². The highest BCUT2D eigenvalue weighted by Gasteiger charge is 2.25. The smallest absolute Gasteiger partial charge is 0.412 e. The third kappa shape index (κ3) is 8.95. The predicted molar refractivity (Wildman–Crippen MR) is 36.1 cm³/mol. The number of allylic oxidation sites excluding steroid dienone is 3. The summed E-state index contributed by atoms with van der Waals surface area (Å²) in [5, 5.41) is 0. The second kappa shape index (κ2) is 4.39. The molecule has 0 radical (unpaired) electrons. The van der Waals surface area contributed by atoms with Crippen molar-refractivity contribution in [2.75, 3.05) is 0 Å². The first-order valence-corrected chi connectivity index (χ1v) is 3.27. The van der Waals surface area contributed by atoms with Gasteiger partial charge in [0.25, 0.3) is 0 Å². The molecular formula is C7H6F6O. The Morgan fingerprint density at radius 3 is 1.86 bits per heavy atom. The topological polar surface area (TPSA) is 9.23 Å². The molecule has 0 rings (SSSR count). The van der Waals surface area contributed by atoms with Gasteiger partial charge in [-0.2, -0.15) is 26.3 Å². The van der Waals surface area contributed by atoms with E-state index < -0.39 is 18.1 Å². The first-order valence-electron chi connectivity index (χ1n) is 3.27. The van der Waals surface area contributed by atoms with Crippen molar-refractivity contribution in [3.63, 3.8) is 0 Å². The van der Waals surface area contributed by atoms with Gasteiger partial charge in [0.05, 0.1) is 18.4 Å². The first-order chi connectivity index (χ1) is 6.10. The lowest BCUT2D eigenvalue weighted by Gasteiger charge is -2.03. The molecule has 0 fully saturated rings. The molecule has 0 spiro atoms. The van der Waals surface area contributed by atoms with E-state index in [0.29, 0.717) is 0 Å². The second-order valence-corrected chi connectivity index (χ2v) is 2.26. The van der Waals surface area contributed by atoms with Gasteiger partial charge in [-0.1, -0.05) is 0 Å². The molecule has 0 aliphatic rings. The minimum atomic E-state index is -4.60. The van der Waals surface area contributed by atoms with Crippen LogP contribution in [-0.2, 0) is 4.74 Å². The Bertz CT molecular complexity index is 234. The average molecular weight is 220 g/mol. The van der Waals surface area contributed by atoms with Gasteiger partial charge >= 0.3 is 12.4 Å². The lowest BCUT2D eigenvalue weighted by Crippen LogP contribution is -2.04. The van der Waals surface area contributed by atoms with Gasteiger partial charge in [0.2, 0.25) is 0 Å². The summed E-state index contributed by atoms with van der Waals surface area (Å²) < 4.78 is 73.0. The minimum absolute atomic E-state index is 0.150. The standard InChI is InChI=1S/C7H6F6O/c1-5(4-7(11,12)13)14-3-2-6(8,9)10/h2-4H,1H3/b3-2+,5-4-. The Kier molecular flexibility index (Phi) is 4.03. The van der Waals surface area contributed by atoms with E-state index in [4.69, 9.17) is 0 Å². The molecule has 0 saturated heterocycles. The summed E-state index contributed by atoms with van der Waals surface area (Å²) in [6, 6.07) is 0. The third-order valence-electron chi connectivity index (χ3n) is 0.878. The number of rotatable bonds is 2. The molecule has 0 aliphatic carbocycles. The maximum absolute atomic E-state index is 11.6. The maximum atomic E-state index is 11.6. The molecule has 14 heavy (non-hydrogen) atoms. The maximum Gasteiger partial charge on any atom is 0.412 e. The van der Waals surface area contributed by atoms with Crippen LogP contribution in [0.3, 0.4) is 0 Å². The van der Waals surface area contributed by atoms with Gasteiger partial charge in [0.15, 0.2) is 0 Å². The van der Waals surface area contributed by atoms with Crippen molar-refractivity contribution in [1.82, 2.24) is 0 Å². The molecule has 0 aromatic heterocycles. The first kappa shape index (κ1) is 12.9. The molecule has 0 bridgehead atoms. The Balaban J connectivity index is 4.17. The zero-order valence-electron chi connectivity index (χ0n) is 6.91. The molecule has 0 aliphatic heterocycles. The summed E-state index contributed by atoms with van der Waals surface area (Å²) in [7, 11) is 0. The van der Waals surface area contributed by atoms with Gasteiger partial charge in [-0.15, -0.1) is 0 Å². The Morgan fingerprint density at radius 1 is 1.00 bits per heavy atom. The van der Waals surface area contributed by atoms with Crippen molar-refractivity contribution in [3.05, 3.63) is 24.2 Å². The number of halogens is 6. The van der Waals surface area contributed by atoms with E-state index in [0.717, 1.165) is 6.92 Å². The van der Waals surface area contributed by atoms with Crippen LogP contribution >= 0.6 is 0 Å². The Morgan fingerprint density at radius 2 is 1.50 bits per heavy atom. The van der Waals surface area contributed by atoms with Gasteiger partial charge in [-0.3, -0.25) is 0 Å². The van der Waals surface area contributed by atoms with Crippen LogP contribution in [0.5, 0.6) is 0 Å². The minimum Gasteiger partial charge on any atom is -0.470 e. The fourth-order valence-corrected chi connectivity index (χ4v) is 0.483. The Labute approximate surface area is 75.7 Å². The molecule has 7 heteroatoms. The highest BCUT2D eigenvalue weighted by atomic mass is 19.4. The van der Waals surface area contributed by atoms with Crippen molar-refractivity contribution in [1.29, 1.82) is 0 Å². The zero-order chi connectivity index (χ0) is 11.4. The quantitative estimate of drug-likeness (QED) is 0.510. The second-order valence-electron chi connectivity index (χ2n) is 2.26. The van der Waals surface area contributed by atoms with Gasteiger partial charge in [0, 0.05) is 0 Å². The SMILES string of the molecule is C/C(=C/C(F)(F)F)O/C=C/C(F)(F)F. The summed E-state index contributed by atoms with van der Waals surface area (Å²) >= 11 is 0. The molecule has 0 atom stereocenters. The highest BCUT2D eigenvalue weighted by molar-refractivity contribution is 4.97. The molecule has 0 amide bonds. The van der Waals surface area contributed by atoms with E-state index in [-0.39, 0.29) is 18.4 Å². The van der Waals surface area contributed by atoms with Crippen LogP contribution in [-0.4, -0.2) is 12.4 Å². The van der Waals surface area contributed by atoms with E-state index in [9.17, 15) is 26.3 Å². The van der Waals surface area contributed by atoms with Crippen LogP contribution in [0.1, 0.15) is 6.92 Å². The van der Waals surface area contributed by atoms with Gasteiger partial charge in [-0.05, 0) is 6.92 Å². The summed E-state index contributed by atoms with van der Waals surface area (Å²) in [5.74, 6) is -0.669. The van der Waals surface area contributed by atoms with Crippen LogP contribution in [0.15, 0.2) is 24.2 Å². The summed E-state index contributed by atoms with van der Waals surface area (Å²) in [6.07, 6.45) is -9.60. The van der Waals surface area contributed by atoms with Crippen LogP contribution in [0.4, 0.5) is 26.3 Å². The van der Waals surface area contributed by atoms with Gasteiger partial charge in [0.1, 0.15) is 5.76 Å². The lowest BCUT2D eigenvalue weighted by molar-refractivity contribution is -0.0828. The molecule has 0 aromatic rings. The molecule has 0 saturated carbocycles.